The molecule has 0 amide bonds. The number of methoxy groups -OCH3 is 1. The molecule has 0 unspecified atom stereocenters. The lowest BCUT2D eigenvalue weighted by Crippen LogP contribution is -2.24. The number of sulfonamides is 1. The first-order valence-electron chi connectivity index (χ1n) is 8.79. The van der Waals surface area contributed by atoms with Crippen molar-refractivity contribution in [3.05, 3.63) is 66.5 Å². The van der Waals surface area contributed by atoms with Crippen LogP contribution in [0.25, 0.3) is 11.3 Å². The summed E-state index contributed by atoms with van der Waals surface area (Å²) >= 11 is 0. The van der Waals surface area contributed by atoms with Crippen molar-refractivity contribution in [1.29, 1.82) is 0 Å². The molecule has 146 valence electrons. The maximum absolute atomic E-state index is 12.0. The molecule has 0 spiro atoms. The molecule has 0 aliphatic heterocycles. The zero-order chi connectivity index (χ0) is 20.0. The van der Waals surface area contributed by atoms with Crippen LogP contribution in [-0.4, -0.2) is 32.0 Å². The summed E-state index contributed by atoms with van der Waals surface area (Å²) in [4.78, 5) is 8.58. The van der Waals surface area contributed by atoms with Crippen LogP contribution >= 0.6 is 0 Å². The Morgan fingerprint density at radius 2 is 1.86 bits per heavy atom. The van der Waals surface area contributed by atoms with Crippen LogP contribution in [0, 0.1) is 0 Å². The molecule has 7 nitrogen and oxygen atoms in total. The van der Waals surface area contributed by atoms with Gasteiger partial charge in [-0.2, -0.15) is 0 Å². The normalized spacial score (nSPS) is 11.2. The van der Waals surface area contributed by atoms with E-state index in [4.69, 9.17) is 4.74 Å². The predicted molar refractivity (Wildman–Crippen MR) is 110 cm³/mol. The molecule has 28 heavy (non-hydrogen) atoms. The average molecular weight is 398 g/mol. The van der Waals surface area contributed by atoms with Gasteiger partial charge < -0.3 is 10.1 Å². The monoisotopic (exact) mass is 398 g/mol. The molecule has 0 bridgehead atoms. The molecule has 0 aliphatic carbocycles. The minimum Gasteiger partial charge on any atom is -0.496 e. The summed E-state index contributed by atoms with van der Waals surface area (Å²) in [5.41, 5.74) is 3.01. The third-order valence-corrected chi connectivity index (χ3v) is 5.41. The number of hydrogen-bond acceptors (Lipinski definition) is 6. The Hall–Kier alpha value is -2.97. The molecule has 3 aromatic rings. The van der Waals surface area contributed by atoms with Gasteiger partial charge in [-0.1, -0.05) is 31.2 Å². The molecule has 2 N–H and O–H groups in total. The molecule has 0 atom stereocenters. The van der Waals surface area contributed by atoms with Crippen LogP contribution < -0.4 is 14.8 Å². The standard InChI is InChI=1S/C20H22N4O3S/c1-3-23-28(25,26)13-15-7-6-8-16(11-15)24-20-12-18(21-14-22-20)17-9-4-5-10-19(17)27-2/h4-12,14,23H,3,13H2,1-2H3,(H,21,22,24). The van der Waals surface area contributed by atoms with Gasteiger partial charge in [-0.25, -0.2) is 23.1 Å². The van der Waals surface area contributed by atoms with E-state index in [1.54, 1.807) is 26.2 Å². The van der Waals surface area contributed by atoms with Crippen LogP contribution in [0.15, 0.2) is 60.9 Å². The zero-order valence-electron chi connectivity index (χ0n) is 15.7. The van der Waals surface area contributed by atoms with Gasteiger partial charge in [0.05, 0.1) is 18.6 Å². The molecule has 3 rings (SSSR count). The SMILES string of the molecule is CCNS(=O)(=O)Cc1cccc(Nc2cc(-c3ccccc3OC)ncn2)c1. The highest BCUT2D eigenvalue weighted by atomic mass is 32.2. The highest BCUT2D eigenvalue weighted by molar-refractivity contribution is 7.88. The van der Waals surface area contributed by atoms with Gasteiger partial charge in [0.15, 0.2) is 0 Å². The second-order valence-corrected chi connectivity index (χ2v) is 7.88. The van der Waals surface area contributed by atoms with Crippen molar-refractivity contribution in [2.75, 3.05) is 19.0 Å². The molecule has 0 saturated carbocycles. The smallest absolute Gasteiger partial charge is 0.215 e. The van der Waals surface area contributed by atoms with E-state index in [1.807, 2.05) is 42.5 Å². The Kier molecular flexibility index (Phi) is 6.23. The van der Waals surface area contributed by atoms with Gasteiger partial charge in [0.25, 0.3) is 0 Å². The largest absolute Gasteiger partial charge is 0.496 e. The Bertz CT molecular complexity index is 1050. The molecule has 1 heterocycles. The summed E-state index contributed by atoms with van der Waals surface area (Å²) < 4.78 is 31.8. The zero-order valence-corrected chi connectivity index (χ0v) is 16.5. The van der Waals surface area contributed by atoms with E-state index in [9.17, 15) is 8.42 Å². The fourth-order valence-corrected chi connectivity index (χ4v) is 3.97. The van der Waals surface area contributed by atoms with E-state index in [-0.39, 0.29) is 5.75 Å². The minimum absolute atomic E-state index is 0.0768. The van der Waals surface area contributed by atoms with Gasteiger partial charge >= 0.3 is 0 Å². The van der Waals surface area contributed by atoms with Crippen molar-refractivity contribution in [2.24, 2.45) is 0 Å². The lowest BCUT2D eigenvalue weighted by atomic mass is 10.1. The van der Waals surface area contributed by atoms with E-state index in [0.29, 0.717) is 17.9 Å². The van der Waals surface area contributed by atoms with Crippen LogP contribution in [-0.2, 0) is 15.8 Å². The molecule has 0 radical (unpaired) electrons. The third kappa shape index (κ3) is 5.05. The first-order chi connectivity index (χ1) is 13.5. The maximum atomic E-state index is 12.0. The van der Waals surface area contributed by atoms with E-state index in [0.717, 1.165) is 22.7 Å². The van der Waals surface area contributed by atoms with E-state index in [1.165, 1.54) is 6.33 Å². The van der Waals surface area contributed by atoms with Crippen LogP contribution in [0.3, 0.4) is 0 Å². The quantitative estimate of drug-likeness (QED) is 0.605. The fraction of sp³-hybridized carbons (Fsp3) is 0.200. The highest BCUT2D eigenvalue weighted by Crippen LogP contribution is 2.29. The molecular formula is C20H22N4O3S. The van der Waals surface area contributed by atoms with Crippen molar-refractivity contribution in [3.63, 3.8) is 0 Å². The lowest BCUT2D eigenvalue weighted by molar-refractivity contribution is 0.416. The van der Waals surface area contributed by atoms with Crippen LogP contribution in [0.4, 0.5) is 11.5 Å². The molecule has 8 heteroatoms. The first-order valence-corrected chi connectivity index (χ1v) is 10.4. The predicted octanol–water partition coefficient (Wildman–Crippen LogP) is 3.34. The molecular weight excluding hydrogens is 376 g/mol. The number of hydrogen-bond donors (Lipinski definition) is 2. The molecule has 0 saturated heterocycles. The van der Waals surface area contributed by atoms with Crippen molar-refractivity contribution < 1.29 is 13.2 Å². The number of para-hydroxylation sites is 1. The molecule has 1 aromatic heterocycles. The summed E-state index contributed by atoms with van der Waals surface area (Å²) in [6.45, 7) is 2.12. The topological polar surface area (TPSA) is 93.2 Å². The number of aromatic nitrogens is 2. The summed E-state index contributed by atoms with van der Waals surface area (Å²) in [5.74, 6) is 1.25. The number of nitrogens with one attached hydrogen (secondary N) is 2. The fourth-order valence-electron chi connectivity index (χ4n) is 2.81. The molecule has 2 aromatic carbocycles. The minimum atomic E-state index is -3.34. The number of benzene rings is 2. The molecule has 0 aliphatic rings. The second kappa shape index (κ2) is 8.81. The second-order valence-electron chi connectivity index (χ2n) is 6.07. The van der Waals surface area contributed by atoms with E-state index in [2.05, 4.69) is 20.0 Å². The van der Waals surface area contributed by atoms with Gasteiger partial charge in [0, 0.05) is 23.9 Å². The van der Waals surface area contributed by atoms with Crippen molar-refractivity contribution >= 4 is 21.5 Å². The Balaban J connectivity index is 1.82. The lowest BCUT2D eigenvalue weighted by Gasteiger charge is -2.11. The Morgan fingerprint density at radius 3 is 2.64 bits per heavy atom. The average Bonchev–Trinajstić information content (AvgIpc) is 2.68. The molecule has 0 fully saturated rings. The van der Waals surface area contributed by atoms with E-state index < -0.39 is 10.0 Å². The Morgan fingerprint density at radius 1 is 1.04 bits per heavy atom. The maximum Gasteiger partial charge on any atom is 0.215 e. The summed E-state index contributed by atoms with van der Waals surface area (Å²) in [6.07, 6.45) is 1.48. The van der Waals surface area contributed by atoms with Crippen LogP contribution in [0.2, 0.25) is 0 Å². The summed E-state index contributed by atoms with van der Waals surface area (Å²) in [6, 6.07) is 16.7. The summed E-state index contributed by atoms with van der Waals surface area (Å²) in [7, 11) is -1.72. The van der Waals surface area contributed by atoms with Gasteiger partial charge in [0.1, 0.15) is 17.9 Å². The van der Waals surface area contributed by atoms with Gasteiger partial charge in [0.2, 0.25) is 10.0 Å². The van der Waals surface area contributed by atoms with Crippen LogP contribution in [0.1, 0.15) is 12.5 Å². The highest BCUT2D eigenvalue weighted by Gasteiger charge is 2.11. The van der Waals surface area contributed by atoms with Crippen molar-refractivity contribution in [1.82, 2.24) is 14.7 Å². The summed E-state index contributed by atoms with van der Waals surface area (Å²) in [5, 5.41) is 3.20. The van der Waals surface area contributed by atoms with Gasteiger partial charge in [-0.05, 0) is 29.8 Å². The van der Waals surface area contributed by atoms with E-state index >= 15 is 0 Å². The number of ether oxygens (including phenoxy) is 1. The number of rotatable bonds is 8. The van der Waals surface area contributed by atoms with Gasteiger partial charge in [-0.3, -0.25) is 0 Å². The van der Waals surface area contributed by atoms with Crippen LogP contribution in [0.5, 0.6) is 5.75 Å². The Labute approximate surface area is 164 Å². The number of nitrogens with zero attached hydrogens (tertiary/aromatic N) is 2. The van der Waals surface area contributed by atoms with Crippen molar-refractivity contribution in [2.45, 2.75) is 12.7 Å². The third-order valence-electron chi connectivity index (χ3n) is 3.97. The first kappa shape index (κ1) is 19.8. The van der Waals surface area contributed by atoms with Gasteiger partial charge in [-0.15, -0.1) is 0 Å². The number of anilines is 2. The van der Waals surface area contributed by atoms with Crippen molar-refractivity contribution in [3.8, 4) is 17.0 Å².